The van der Waals surface area contributed by atoms with E-state index in [0.29, 0.717) is 18.6 Å². The highest BCUT2D eigenvalue weighted by Crippen LogP contribution is 2.20. The minimum absolute atomic E-state index is 0. The van der Waals surface area contributed by atoms with E-state index in [1.54, 1.807) is 6.20 Å². The third-order valence-corrected chi connectivity index (χ3v) is 5.92. The van der Waals surface area contributed by atoms with Crippen molar-refractivity contribution in [2.75, 3.05) is 13.1 Å². The van der Waals surface area contributed by atoms with Crippen molar-refractivity contribution in [1.82, 2.24) is 30.1 Å². The second kappa shape index (κ2) is 12.1. The predicted molar refractivity (Wildman–Crippen MR) is 144 cm³/mol. The Bertz CT molecular complexity index is 1020. The minimum atomic E-state index is 0. The predicted octanol–water partition coefficient (Wildman–Crippen LogP) is 3.91. The van der Waals surface area contributed by atoms with Gasteiger partial charge in [-0.2, -0.15) is 0 Å². The molecule has 0 amide bonds. The molecule has 3 aromatic rings. The second-order valence-electron chi connectivity index (χ2n) is 8.41. The number of aromatic nitrogens is 3. The Hall–Kier alpha value is -2.46. The van der Waals surface area contributed by atoms with Crippen molar-refractivity contribution in [3.63, 3.8) is 0 Å². The molecule has 0 aliphatic carbocycles. The molecule has 2 atom stereocenters. The summed E-state index contributed by atoms with van der Waals surface area (Å²) in [6.07, 6.45) is 6.71. The zero-order valence-corrected chi connectivity index (χ0v) is 21.9. The number of hydrogen-bond donors (Lipinski definition) is 2. The van der Waals surface area contributed by atoms with Gasteiger partial charge in [0, 0.05) is 50.3 Å². The van der Waals surface area contributed by atoms with Crippen molar-refractivity contribution in [1.29, 1.82) is 0 Å². The number of nitrogens with zero attached hydrogens (tertiary/aromatic N) is 5. The maximum absolute atomic E-state index is 4.81. The normalized spacial score (nSPS) is 18.7. The topological polar surface area (TPSA) is 70.4 Å². The van der Waals surface area contributed by atoms with Crippen LogP contribution in [0.5, 0.6) is 0 Å². The van der Waals surface area contributed by atoms with Gasteiger partial charge in [0.15, 0.2) is 5.96 Å². The van der Waals surface area contributed by atoms with Gasteiger partial charge in [-0.3, -0.25) is 9.47 Å². The van der Waals surface area contributed by atoms with Gasteiger partial charge in [0.05, 0.1) is 6.54 Å². The van der Waals surface area contributed by atoms with Crippen LogP contribution < -0.4 is 10.6 Å². The van der Waals surface area contributed by atoms with Gasteiger partial charge in [0.1, 0.15) is 11.6 Å². The lowest BCUT2D eigenvalue weighted by molar-refractivity contribution is 0.258. The monoisotopic (exact) mass is 559 g/mol. The average molecular weight is 560 g/mol. The molecule has 1 aliphatic heterocycles. The maximum atomic E-state index is 4.81. The lowest BCUT2D eigenvalue weighted by Gasteiger charge is -2.21. The highest BCUT2D eigenvalue weighted by molar-refractivity contribution is 14.0. The summed E-state index contributed by atoms with van der Waals surface area (Å²) >= 11 is 0. The summed E-state index contributed by atoms with van der Waals surface area (Å²) in [5.41, 5.74) is 2.44. The van der Waals surface area contributed by atoms with Crippen molar-refractivity contribution in [2.45, 2.75) is 52.4 Å². The molecule has 1 saturated heterocycles. The van der Waals surface area contributed by atoms with Gasteiger partial charge >= 0.3 is 0 Å². The van der Waals surface area contributed by atoms with Crippen LogP contribution >= 0.6 is 24.0 Å². The van der Waals surface area contributed by atoms with E-state index in [0.717, 1.165) is 49.2 Å². The number of aliphatic imine (C=N–C) groups is 1. The molecular formula is C25H34IN7. The first-order chi connectivity index (χ1) is 15.6. The first-order valence-corrected chi connectivity index (χ1v) is 11.4. The molecule has 1 aliphatic rings. The summed E-state index contributed by atoms with van der Waals surface area (Å²) < 4.78 is 1.97. The summed E-state index contributed by atoms with van der Waals surface area (Å²) in [5, 5.41) is 7.03. The lowest BCUT2D eigenvalue weighted by atomic mass is 10.2. The van der Waals surface area contributed by atoms with E-state index in [-0.39, 0.29) is 24.0 Å². The Kier molecular flexibility index (Phi) is 9.25. The van der Waals surface area contributed by atoms with Crippen molar-refractivity contribution in [3.8, 4) is 5.82 Å². The molecule has 7 nitrogen and oxygen atoms in total. The Morgan fingerprint density at radius 3 is 2.61 bits per heavy atom. The van der Waals surface area contributed by atoms with Crippen molar-refractivity contribution < 1.29 is 0 Å². The van der Waals surface area contributed by atoms with Gasteiger partial charge in [-0.15, -0.1) is 24.0 Å². The molecular weight excluding hydrogens is 525 g/mol. The molecule has 1 aromatic carbocycles. The molecule has 0 saturated carbocycles. The summed E-state index contributed by atoms with van der Waals surface area (Å²) in [6.45, 7) is 9.80. The number of rotatable bonds is 7. The van der Waals surface area contributed by atoms with Gasteiger partial charge in [-0.05, 0) is 44.4 Å². The standard InChI is InChI=1S/C25H33N7.HI/c1-4-26-25(29-16-22-10-11-24(28-15-22)32-13-12-27-20(32)3)30-23-14-19(2)31(18-23)17-21-8-6-5-7-9-21;/h5-13,15,19,23H,4,14,16-18H2,1-3H3,(H2,26,29,30);1H. The average Bonchev–Trinajstić information content (AvgIpc) is 3.38. The molecule has 176 valence electrons. The molecule has 0 radical (unpaired) electrons. The number of aryl methyl sites for hydroxylation is 1. The summed E-state index contributed by atoms with van der Waals surface area (Å²) in [6, 6.07) is 15.7. The van der Waals surface area contributed by atoms with E-state index < -0.39 is 0 Å². The SMILES string of the molecule is CCNC(=NCc1ccc(-n2ccnc2C)nc1)NC1CC(C)N(Cc2ccccc2)C1.I. The third-order valence-electron chi connectivity index (χ3n) is 5.92. The second-order valence-corrected chi connectivity index (χ2v) is 8.41. The van der Waals surface area contributed by atoms with Crippen LogP contribution in [0, 0.1) is 6.92 Å². The zero-order chi connectivity index (χ0) is 22.3. The largest absolute Gasteiger partial charge is 0.357 e. The Labute approximate surface area is 213 Å². The van der Waals surface area contributed by atoms with E-state index in [1.165, 1.54) is 5.56 Å². The molecule has 0 spiro atoms. The summed E-state index contributed by atoms with van der Waals surface area (Å²) in [4.78, 5) is 16.2. The number of benzene rings is 1. The highest BCUT2D eigenvalue weighted by Gasteiger charge is 2.29. The Balaban J connectivity index is 0.00000306. The maximum Gasteiger partial charge on any atom is 0.191 e. The molecule has 1 fully saturated rings. The van der Waals surface area contributed by atoms with Gasteiger partial charge < -0.3 is 10.6 Å². The lowest BCUT2D eigenvalue weighted by Crippen LogP contribution is -2.44. The van der Waals surface area contributed by atoms with Crippen LogP contribution in [0.3, 0.4) is 0 Å². The number of likely N-dealkylation sites (tertiary alicyclic amines) is 1. The van der Waals surface area contributed by atoms with E-state index in [4.69, 9.17) is 4.99 Å². The number of nitrogens with one attached hydrogen (secondary N) is 2. The van der Waals surface area contributed by atoms with Crippen LogP contribution in [-0.4, -0.2) is 50.6 Å². The summed E-state index contributed by atoms with van der Waals surface area (Å²) in [7, 11) is 0. The number of pyridine rings is 1. The number of hydrogen-bond acceptors (Lipinski definition) is 4. The van der Waals surface area contributed by atoms with Crippen LogP contribution in [0.4, 0.5) is 0 Å². The molecule has 0 bridgehead atoms. The molecule has 4 rings (SSSR count). The quantitative estimate of drug-likeness (QED) is 0.261. The fourth-order valence-electron chi connectivity index (χ4n) is 4.20. The van der Waals surface area contributed by atoms with Gasteiger partial charge in [-0.1, -0.05) is 36.4 Å². The number of guanidine groups is 1. The molecule has 2 aromatic heterocycles. The Morgan fingerprint density at radius 2 is 1.94 bits per heavy atom. The fraction of sp³-hybridized carbons (Fsp3) is 0.400. The van der Waals surface area contributed by atoms with Crippen LogP contribution in [0.15, 0.2) is 66.0 Å². The first kappa shape index (κ1) is 25.2. The highest BCUT2D eigenvalue weighted by atomic mass is 127. The summed E-state index contributed by atoms with van der Waals surface area (Å²) in [5.74, 6) is 2.66. The van der Waals surface area contributed by atoms with E-state index >= 15 is 0 Å². The van der Waals surface area contributed by atoms with Crippen LogP contribution in [-0.2, 0) is 13.1 Å². The van der Waals surface area contributed by atoms with Gasteiger partial charge in [0.25, 0.3) is 0 Å². The minimum Gasteiger partial charge on any atom is -0.357 e. The Morgan fingerprint density at radius 1 is 1.12 bits per heavy atom. The molecule has 8 heteroatoms. The van der Waals surface area contributed by atoms with Gasteiger partial charge in [0.2, 0.25) is 0 Å². The molecule has 3 heterocycles. The van der Waals surface area contributed by atoms with Gasteiger partial charge in [-0.25, -0.2) is 15.0 Å². The molecule has 2 unspecified atom stereocenters. The number of imidazole rings is 1. The molecule has 2 N–H and O–H groups in total. The zero-order valence-electron chi connectivity index (χ0n) is 19.6. The van der Waals surface area contributed by atoms with Crippen LogP contribution in [0.2, 0.25) is 0 Å². The number of halogens is 1. The smallest absolute Gasteiger partial charge is 0.191 e. The van der Waals surface area contributed by atoms with Crippen molar-refractivity contribution >= 4 is 29.9 Å². The first-order valence-electron chi connectivity index (χ1n) is 11.4. The van der Waals surface area contributed by atoms with Crippen molar-refractivity contribution in [2.24, 2.45) is 4.99 Å². The third kappa shape index (κ3) is 6.77. The fourth-order valence-corrected chi connectivity index (χ4v) is 4.20. The van der Waals surface area contributed by atoms with E-state index in [9.17, 15) is 0 Å². The van der Waals surface area contributed by atoms with E-state index in [2.05, 4.69) is 75.7 Å². The molecule has 33 heavy (non-hydrogen) atoms. The van der Waals surface area contributed by atoms with Crippen LogP contribution in [0.1, 0.15) is 37.2 Å². The van der Waals surface area contributed by atoms with Crippen molar-refractivity contribution in [3.05, 3.63) is 78.0 Å². The van der Waals surface area contributed by atoms with Crippen LogP contribution in [0.25, 0.3) is 5.82 Å². The van der Waals surface area contributed by atoms with E-state index in [1.807, 2.05) is 30.0 Å².